The molecule has 0 aromatic heterocycles. The van der Waals surface area contributed by atoms with Crippen molar-refractivity contribution >= 4 is 22.6 Å². The van der Waals surface area contributed by atoms with Gasteiger partial charge in [-0.15, -0.1) is 0 Å². The van der Waals surface area contributed by atoms with Gasteiger partial charge in [0.1, 0.15) is 11.6 Å². The minimum Gasteiger partial charge on any atom is -0.271 e. The average molecular weight is 374 g/mol. The van der Waals surface area contributed by atoms with Crippen LogP contribution in [0.4, 0.5) is 8.78 Å². The first-order chi connectivity index (χ1) is 9.02. The summed E-state index contributed by atoms with van der Waals surface area (Å²) in [5, 5.41) is 0. The zero-order chi connectivity index (χ0) is 14.0. The van der Waals surface area contributed by atoms with Crippen molar-refractivity contribution < 1.29 is 8.78 Å². The second-order valence-electron chi connectivity index (χ2n) is 4.27. The molecule has 2 aromatic carbocycles. The molecule has 0 fully saturated rings. The molecule has 100 valence electrons. The van der Waals surface area contributed by atoms with E-state index in [9.17, 15) is 8.78 Å². The van der Waals surface area contributed by atoms with Crippen LogP contribution in [0.15, 0.2) is 36.4 Å². The molecule has 0 aliphatic carbocycles. The molecule has 0 bridgehead atoms. The molecule has 1 unspecified atom stereocenters. The lowest BCUT2D eigenvalue weighted by molar-refractivity contribution is 0.594. The lowest BCUT2D eigenvalue weighted by atomic mass is 9.98. The normalized spacial score (nSPS) is 12.5. The number of hydrogen-bond donors (Lipinski definition) is 2. The lowest BCUT2D eigenvalue weighted by Crippen LogP contribution is -2.29. The van der Waals surface area contributed by atoms with Gasteiger partial charge in [-0.25, -0.2) is 14.2 Å². The summed E-state index contributed by atoms with van der Waals surface area (Å²) in [5.74, 6) is 4.97. The fraction of sp³-hybridized carbons (Fsp3) is 0.143. The van der Waals surface area contributed by atoms with Gasteiger partial charge in [-0.3, -0.25) is 5.84 Å². The number of hydrazine groups is 1. The summed E-state index contributed by atoms with van der Waals surface area (Å²) < 4.78 is 27.5. The highest BCUT2D eigenvalue weighted by Crippen LogP contribution is 2.27. The van der Waals surface area contributed by atoms with Crippen molar-refractivity contribution in [3.05, 3.63) is 68.3 Å². The van der Waals surface area contributed by atoms with E-state index in [2.05, 4.69) is 5.43 Å². The van der Waals surface area contributed by atoms with Gasteiger partial charge in [-0.1, -0.05) is 18.2 Å². The van der Waals surface area contributed by atoms with Crippen LogP contribution in [0.5, 0.6) is 0 Å². The summed E-state index contributed by atoms with van der Waals surface area (Å²) in [6.07, 6.45) is 0. The Morgan fingerprint density at radius 2 is 1.89 bits per heavy atom. The Bertz CT molecular complexity index is 602. The second-order valence-corrected chi connectivity index (χ2v) is 5.44. The maximum Gasteiger partial charge on any atom is 0.126 e. The van der Waals surface area contributed by atoms with Gasteiger partial charge in [0, 0.05) is 3.57 Å². The molecule has 0 radical (unpaired) electrons. The van der Waals surface area contributed by atoms with E-state index in [1.807, 2.05) is 28.7 Å². The molecule has 1 atom stereocenters. The first-order valence-corrected chi connectivity index (χ1v) is 6.78. The summed E-state index contributed by atoms with van der Waals surface area (Å²) in [5.41, 5.74) is 4.74. The second kappa shape index (κ2) is 5.94. The molecule has 0 heterocycles. The summed E-state index contributed by atoms with van der Waals surface area (Å²) in [6.45, 7) is 1.70. The third kappa shape index (κ3) is 3.10. The van der Waals surface area contributed by atoms with Crippen molar-refractivity contribution in [1.82, 2.24) is 5.43 Å². The highest BCUT2D eigenvalue weighted by atomic mass is 127. The van der Waals surface area contributed by atoms with Crippen LogP contribution in [0, 0.1) is 22.1 Å². The summed E-state index contributed by atoms with van der Waals surface area (Å²) in [7, 11) is 0. The number of benzene rings is 2. The Labute approximate surface area is 124 Å². The number of nitrogens with two attached hydrogens (primary N) is 1. The van der Waals surface area contributed by atoms with Crippen molar-refractivity contribution in [2.24, 2.45) is 5.84 Å². The minimum absolute atomic E-state index is 0.283. The van der Waals surface area contributed by atoms with E-state index in [1.54, 1.807) is 19.1 Å². The SMILES string of the molecule is Cc1ccc(C(NN)c2ccc(F)cc2I)cc1F. The predicted molar refractivity (Wildman–Crippen MR) is 79.4 cm³/mol. The van der Waals surface area contributed by atoms with Crippen molar-refractivity contribution in [3.63, 3.8) is 0 Å². The third-order valence-corrected chi connectivity index (χ3v) is 3.90. The number of nitrogens with one attached hydrogen (secondary N) is 1. The first kappa shape index (κ1) is 14.4. The van der Waals surface area contributed by atoms with Crippen LogP contribution in [-0.4, -0.2) is 0 Å². The standard InChI is InChI=1S/C14H13F2IN2/c1-8-2-3-9(6-12(8)16)14(19-18)11-5-4-10(15)7-13(11)17/h2-7,14,19H,18H2,1H3. The van der Waals surface area contributed by atoms with E-state index in [0.29, 0.717) is 11.1 Å². The highest BCUT2D eigenvalue weighted by molar-refractivity contribution is 14.1. The Kier molecular flexibility index (Phi) is 4.49. The van der Waals surface area contributed by atoms with Gasteiger partial charge in [-0.2, -0.15) is 0 Å². The molecular weight excluding hydrogens is 361 g/mol. The minimum atomic E-state index is -0.373. The smallest absolute Gasteiger partial charge is 0.126 e. The molecule has 19 heavy (non-hydrogen) atoms. The van der Waals surface area contributed by atoms with E-state index in [4.69, 9.17) is 5.84 Å². The van der Waals surface area contributed by atoms with Crippen molar-refractivity contribution in [2.45, 2.75) is 13.0 Å². The molecule has 0 spiro atoms. The maximum absolute atomic E-state index is 13.6. The molecule has 2 rings (SSSR count). The lowest BCUT2D eigenvalue weighted by Gasteiger charge is -2.19. The Morgan fingerprint density at radius 1 is 1.16 bits per heavy atom. The van der Waals surface area contributed by atoms with Gasteiger partial charge >= 0.3 is 0 Å². The molecule has 0 aliphatic rings. The monoisotopic (exact) mass is 374 g/mol. The third-order valence-electron chi connectivity index (χ3n) is 2.97. The quantitative estimate of drug-likeness (QED) is 0.491. The van der Waals surface area contributed by atoms with Crippen LogP contribution in [0.1, 0.15) is 22.7 Å². The van der Waals surface area contributed by atoms with Crippen LogP contribution in [-0.2, 0) is 0 Å². The number of rotatable bonds is 3. The predicted octanol–water partition coefficient (Wildman–Crippen LogP) is 3.43. The van der Waals surface area contributed by atoms with E-state index >= 15 is 0 Å². The van der Waals surface area contributed by atoms with Gasteiger partial charge in [-0.05, 0) is 64.4 Å². The van der Waals surface area contributed by atoms with E-state index < -0.39 is 0 Å². The van der Waals surface area contributed by atoms with Crippen molar-refractivity contribution in [1.29, 1.82) is 0 Å². The number of hydrogen-bond acceptors (Lipinski definition) is 2. The van der Waals surface area contributed by atoms with Gasteiger partial charge in [0.25, 0.3) is 0 Å². The molecule has 5 heteroatoms. The average Bonchev–Trinajstić information content (AvgIpc) is 2.37. The number of halogens is 3. The van der Waals surface area contributed by atoms with Crippen LogP contribution < -0.4 is 11.3 Å². The summed E-state index contributed by atoms with van der Waals surface area (Å²) in [6, 6.07) is 9.02. The Morgan fingerprint density at radius 3 is 2.47 bits per heavy atom. The molecule has 2 aromatic rings. The number of aryl methyl sites for hydroxylation is 1. The van der Waals surface area contributed by atoms with E-state index in [0.717, 1.165) is 9.13 Å². The van der Waals surface area contributed by atoms with Gasteiger partial charge < -0.3 is 0 Å². The molecule has 3 N–H and O–H groups in total. The van der Waals surface area contributed by atoms with E-state index in [-0.39, 0.29) is 17.7 Å². The van der Waals surface area contributed by atoms with Gasteiger partial charge in [0.2, 0.25) is 0 Å². The maximum atomic E-state index is 13.6. The van der Waals surface area contributed by atoms with Crippen LogP contribution >= 0.6 is 22.6 Å². The van der Waals surface area contributed by atoms with Crippen molar-refractivity contribution in [3.8, 4) is 0 Å². The van der Waals surface area contributed by atoms with Crippen LogP contribution in [0.2, 0.25) is 0 Å². The zero-order valence-corrected chi connectivity index (χ0v) is 12.4. The fourth-order valence-corrected chi connectivity index (χ4v) is 2.68. The Hall–Kier alpha value is -1.05. The molecule has 0 amide bonds. The molecular formula is C14H13F2IN2. The summed E-state index contributed by atoms with van der Waals surface area (Å²) >= 11 is 2.04. The van der Waals surface area contributed by atoms with Gasteiger partial charge in [0.05, 0.1) is 6.04 Å². The molecule has 0 aliphatic heterocycles. The first-order valence-electron chi connectivity index (χ1n) is 5.70. The van der Waals surface area contributed by atoms with Crippen LogP contribution in [0.25, 0.3) is 0 Å². The topological polar surface area (TPSA) is 38.0 Å². The zero-order valence-electron chi connectivity index (χ0n) is 10.3. The van der Waals surface area contributed by atoms with E-state index in [1.165, 1.54) is 18.2 Å². The van der Waals surface area contributed by atoms with Crippen molar-refractivity contribution in [2.75, 3.05) is 0 Å². The van der Waals surface area contributed by atoms with Crippen LogP contribution in [0.3, 0.4) is 0 Å². The molecule has 2 nitrogen and oxygen atoms in total. The molecule has 0 saturated heterocycles. The largest absolute Gasteiger partial charge is 0.271 e. The fourth-order valence-electron chi connectivity index (χ4n) is 1.89. The van der Waals surface area contributed by atoms with Gasteiger partial charge in [0.15, 0.2) is 0 Å². The summed E-state index contributed by atoms with van der Waals surface area (Å²) in [4.78, 5) is 0. The Balaban J connectivity index is 2.46. The highest BCUT2D eigenvalue weighted by Gasteiger charge is 2.16. The molecule has 0 saturated carbocycles.